The molecule has 0 spiro atoms. The Morgan fingerprint density at radius 1 is 0.396 bits per heavy atom. The lowest BCUT2D eigenvalue weighted by Crippen LogP contribution is -2.37. The van der Waals surface area contributed by atoms with Crippen molar-refractivity contribution in [3.8, 4) is 44.5 Å². The fraction of sp³-hybridized carbons (Fsp3) is 0.338. The summed E-state index contributed by atoms with van der Waals surface area (Å²) in [5, 5.41) is 23.8. The molecule has 4 saturated heterocycles. The van der Waals surface area contributed by atoms with E-state index in [0.29, 0.717) is 66.0 Å². The second-order valence-corrected chi connectivity index (χ2v) is 29.4. The summed E-state index contributed by atoms with van der Waals surface area (Å²) >= 11 is 50.3. The van der Waals surface area contributed by atoms with E-state index in [1.54, 1.807) is 24.3 Å². The molecule has 0 bridgehead atoms. The number of hydrogen-bond acceptors (Lipinski definition) is 17. The van der Waals surface area contributed by atoms with E-state index in [2.05, 4.69) is 131 Å². The molecule has 0 aliphatic carbocycles. The maximum absolute atomic E-state index is 6.56. The number of rotatable bonds is 17. The Balaban J connectivity index is 0.000000125. The number of fused-ring (bicyclic) bond motifs is 4. The average molecular weight is 1590 g/mol. The van der Waals surface area contributed by atoms with Crippen LogP contribution in [0.15, 0.2) is 140 Å². The fourth-order valence-electron chi connectivity index (χ4n) is 13.3. The third-order valence-electron chi connectivity index (χ3n) is 18.8. The van der Waals surface area contributed by atoms with E-state index < -0.39 is 0 Å². The number of ether oxygens (including phenoxy) is 4. The summed E-state index contributed by atoms with van der Waals surface area (Å²) in [7, 11) is 1.93. The van der Waals surface area contributed by atoms with Gasteiger partial charge in [-0.05, 0) is 109 Å². The highest BCUT2D eigenvalue weighted by atomic mass is 35.5. The number of nitrogens with zero attached hydrogens (tertiary/aromatic N) is 13. The third kappa shape index (κ3) is 17.9. The maximum atomic E-state index is 6.56. The maximum Gasteiger partial charge on any atom is 0.231 e. The Labute approximate surface area is 656 Å². The highest BCUT2D eigenvalue weighted by molar-refractivity contribution is 6.38. The molecule has 556 valence electrons. The second-order valence-electron chi connectivity index (χ2n) is 26.1. The fourth-order valence-corrected chi connectivity index (χ4v) is 15.4. The largest absolute Gasteiger partial charge is 0.378 e. The molecule has 4 aliphatic heterocycles. The summed E-state index contributed by atoms with van der Waals surface area (Å²) in [5.74, 6) is 4.03. The Bertz CT molecular complexity index is 5030. The van der Waals surface area contributed by atoms with Crippen molar-refractivity contribution in [1.29, 1.82) is 0 Å². The zero-order chi connectivity index (χ0) is 74.0. The molecule has 0 saturated carbocycles. The van der Waals surface area contributed by atoms with Crippen LogP contribution in [0, 0.1) is 0 Å². The minimum atomic E-state index is 0.380. The van der Waals surface area contributed by atoms with Crippen molar-refractivity contribution in [2.45, 2.75) is 53.0 Å². The molecule has 106 heavy (non-hydrogen) atoms. The van der Waals surface area contributed by atoms with E-state index in [0.717, 1.165) is 231 Å². The standard InChI is InChI=1S/C21H24Cl2N4O.C20H22Cl2N4O.C19H20Cl2N4O.C17H17Cl2N5O/c1-14(2)24-11-15-9-20-25-12-21(26-5-7-28-8-6-26)27(20)13-18(15)17-4-3-16(22)10-19(17)23;1-2-23-11-14-9-19-24-12-20(25-5-7-27-8-6-25)26(19)13-17(14)16-4-3-15(21)10-18(16)22;1-22-10-13-8-18-23-11-19(24-4-6-26-7-5-24)25(18)12-16(13)15-3-2-14(20)9-17(15)21;18-12-1-2-13(15(19)8-12)14-10-24-16(7-11(14)9-20)21-22-17(24)23-3-5-25-6-4-23/h3-4,9-10,12-14,24H,5-8,11H2,1-2H3;3-4,9-10,12-13,23H,2,5-8,11H2,1H3;2-3,8-9,11-12,22H,4-7,10H2,1H3;1-2,7-8,10H,3-6,9,20H2. The molecule has 0 radical (unpaired) electrons. The zero-order valence-corrected chi connectivity index (χ0v) is 65.3. The van der Waals surface area contributed by atoms with Crippen LogP contribution in [0.1, 0.15) is 43.0 Å². The Morgan fingerprint density at radius 3 is 1.07 bits per heavy atom. The first-order chi connectivity index (χ1) is 51.5. The van der Waals surface area contributed by atoms with Crippen molar-refractivity contribution in [2.24, 2.45) is 5.73 Å². The highest BCUT2D eigenvalue weighted by Crippen LogP contribution is 2.40. The van der Waals surface area contributed by atoms with Gasteiger partial charge in [0.15, 0.2) is 5.65 Å². The van der Waals surface area contributed by atoms with E-state index in [9.17, 15) is 0 Å². The van der Waals surface area contributed by atoms with Crippen molar-refractivity contribution in [3.63, 3.8) is 0 Å². The van der Waals surface area contributed by atoms with Gasteiger partial charge >= 0.3 is 0 Å². The molecule has 4 aromatic carbocycles. The number of morpholine rings is 4. The molecule has 0 amide bonds. The van der Waals surface area contributed by atoms with Gasteiger partial charge in [0.25, 0.3) is 0 Å². The molecule has 4 fully saturated rings. The van der Waals surface area contributed by atoms with Gasteiger partial charge < -0.3 is 60.2 Å². The zero-order valence-electron chi connectivity index (χ0n) is 59.3. The lowest BCUT2D eigenvalue weighted by Gasteiger charge is -2.28. The molecule has 0 unspecified atom stereocenters. The topological polar surface area (TPSA) is 194 Å². The van der Waals surface area contributed by atoms with Gasteiger partial charge in [-0.15, -0.1) is 10.2 Å². The van der Waals surface area contributed by atoms with Gasteiger partial charge in [-0.1, -0.05) is 138 Å². The molecule has 12 aromatic rings. The number of anilines is 4. The first kappa shape index (κ1) is 76.9. The number of halogens is 8. The van der Waals surface area contributed by atoms with Gasteiger partial charge in [0.05, 0.1) is 71.4 Å². The summed E-state index contributed by atoms with van der Waals surface area (Å²) in [5.41, 5.74) is 21.9. The average Bonchev–Trinajstić information content (AvgIpc) is 1.53. The van der Waals surface area contributed by atoms with E-state index in [4.69, 9.17) is 117 Å². The monoisotopic (exact) mass is 1590 g/mol. The first-order valence-corrected chi connectivity index (χ1v) is 38.4. The SMILES string of the molecule is CC(C)NCc1cc2ncc(N3CCOCC3)n2cc1-c1ccc(Cl)cc1Cl.CCNCc1cc2ncc(N3CCOCC3)n2cc1-c1ccc(Cl)cc1Cl.CNCc1cc2ncc(N3CCOCC3)n2cc1-c1ccc(Cl)cc1Cl.NCc1cc2nnc(N3CCOCC3)n2cc1-c1ccc(Cl)cc1Cl. The van der Waals surface area contributed by atoms with Crippen LogP contribution >= 0.6 is 92.8 Å². The number of hydrogen-bond donors (Lipinski definition) is 4. The van der Waals surface area contributed by atoms with Crippen LogP contribution in [-0.2, 0) is 45.1 Å². The van der Waals surface area contributed by atoms with E-state index in [1.807, 2.05) is 90.8 Å². The Kier molecular flexibility index (Phi) is 26.0. The number of nitrogens with two attached hydrogens (primary N) is 1. The van der Waals surface area contributed by atoms with Crippen molar-refractivity contribution in [2.75, 3.05) is 138 Å². The molecule has 29 heteroatoms. The second kappa shape index (κ2) is 35.9. The number of benzene rings is 4. The summed E-state index contributed by atoms with van der Waals surface area (Å²) in [4.78, 5) is 23.0. The van der Waals surface area contributed by atoms with Crippen LogP contribution in [0.5, 0.6) is 0 Å². The molecule has 0 atom stereocenters. The summed E-state index contributed by atoms with van der Waals surface area (Å²) in [6, 6.07) is 31.1. The van der Waals surface area contributed by atoms with Crippen molar-refractivity contribution < 1.29 is 18.9 Å². The Morgan fingerprint density at radius 2 is 0.726 bits per heavy atom. The van der Waals surface area contributed by atoms with Crippen molar-refractivity contribution in [1.82, 2.24) is 58.7 Å². The van der Waals surface area contributed by atoms with Gasteiger partial charge in [0, 0.05) is 194 Å². The van der Waals surface area contributed by atoms with Crippen LogP contribution in [-0.4, -0.2) is 168 Å². The van der Waals surface area contributed by atoms with Crippen LogP contribution < -0.4 is 41.3 Å². The molecule has 12 heterocycles. The van der Waals surface area contributed by atoms with E-state index in [-0.39, 0.29) is 0 Å². The van der Waals surface area contributed by atoms with Crippen molar-refractivity contribution >= 4 is 139 Å². The van der Waals surface area contributed by atoms with Crippen LogP contribution in [0.4, 0.5) is 23.4 Å². The lowest BCUT2D eigenvalue weighted by atomic mass is 10.0. The summed E-state index contributed by atoms with van der Waals surface area (Å²) in [6.07, 6.45) is 14.2. The smallest absolute Gasteiger partial charge is 0.231 e. The van der Waals surface area contributed by atoms with Crippen molar-refractivity contribution in [3.05, 3.63) is 203 Å². The minimum Gasteiger partial charge on any atom is -0.378 e. The Hall–Kier alpha value is -7.23. The normalized spacial score (nSPS) is 15.0. The van der Waals surface area contributed by atoms with Gasteiger partial charge in [0.2, 0.25) is 5.95 Å². The summed E-state index contributed by atoms with van der Waals surface area (Å²) in [6.45, 7) is 22.4. The minimum absolute atomic E-state index is 0.380. The highest BCUT2D eigenvalue weighted by Gasteiger charge is 2.25. The molecular weight excluding hydrogens is 1510 g/mol. The third-order valence-corrected chi connectivity index (χ3v) is 21.0. The molecule has 8 aromatic heterocycles. The number of aromatic nitrogens is 9. The molecule has 16 rings (SSSR count). The van der Waals surface area contributed by atoms with Gasteiger partial charge in [-0.2, -0.15) is 0 Å². The summed E-state index contributed by atoms with van der Waals surface area (Å²) < 4.78 is 30.3. The van der Waals surface area contributed by atoms with Gasteiger partial charge in [-0.25, -0.2) is 15.0 Å². The number of pyridine rings is 4. The molecule has 4 aliphatic rings. The number of nitrogens with one attached hydrogen (secondary N) is 3. The molecule has 21 nitrogen and oxygen atoms in total. The van der Waals surface area contributed by atoms with Crippen LogP contribution in [0.3, 0.4) is 0 Å². The quantitative estimate of drug-likeness (QED) is 0.0672. The van der Waals surface area contributed by atoms with E-state index >= 15 is 0 Å². The molecular formula is C77H83Cl8N17O4. The van der Waals surface area contributed by atoms with Crippen LogP contribution in [0.2, 0.25) is 40.2 Å². The molecule has 5 N–H and O–H groups in total. The van der Waals surface area contributed by atoms with Gasteiger partial charge in [0.1, 0.15) is 34.4 Å². The predicted molar refractivity (Wildman–Crippen MR) is 433 cm³/mol. The van der Waals surface area contributed by atoms with Gasteiger partial charge in [-0.3, -0.25) is 17.6 Å². The lowest BCUT2D eigenvalue weighted by molar-refractivity contribution is 0.122. The van der Waals surface area contributed by atoms with E-state index in [1.165, 1.54) is 0 Å². The predicted octanol–water partition coefficient (Wildman–Crippen LogP) is 15.8. The first-order valence-electron chi connectivity index (χ1n) is 35.3. The number of imidazole rings is 3. The van der Waals surface area contributed by atoms with Crippen LogP contribution in [0.25, 0.3) is 67.1 Å².